The Kier molecular flexibility index (Phi) is 48.0. The molecule has 348 valence electrons. The number of hydrogen-bond acceptors (Lipinski definition) is 4. The van der Waals surface area contributed by atoms with Gasteiger partial charge in [0.15, 0.2) is 0 Å². The number of rotatable bonds is 48. The molecule has 0 aromatic rings. The normalized spacial score (nSPS) is 13.6. The van der Waals surface area contributed by atoms with Crippen molar-refractivity contribution < 1.29 is 20.1 Å². The van der Waals surface area contributed by atoms with Crippen LogP contribution in [0.3, 0.4) is 0 Å². The van der Waals surface area contributed by atoms with Crippen molar-refractivity contribution in [2.24, 2.45) is 0 Å². The number of unbranched alkanes of at least 4 members (excludes halogenated alkanes) is 36. The molecule has 3 atom stereocenters. The lowest BCUT2D eigenvalue weighted by molar-refractivity contribution is -0.131. The third kappa shape index (κ3) is 44.4. The van der Waals surface area contributed by atoms with Crippen LogP contribution in [0.15, 0.2) is 36.5 Å². The van der Waals surface area contributed by atoms with E-state index in [9.17, 15) is 20.1 Å². The monoisotopic (exact) mass is 830 g/mol. The SMILES string of the molecule is CCCCCCCCCCCC/C=C/CC/C=C/CC/C=C/C(O)C(CO)NC(=O)C(O)CCCCCCCCCCCCCCCCCCCCCCCCCCC. The fraction of sp³-hybridized carbons (Fsp3) is 0.870. The Morgan fingerprint density at radius 1 is 0.407 bits per heavy atom. The molecule has 5 nitrogen and oxygen atoms in total. The van der Waals surface area contributed by atoms with Gasteiger partial charge >= 0.3 is 0 Å². The standard InChI is InChI=1S/C54H103NO4/c1-3-5-7-9-11-13-15-17-19-21-23-25-26-27-28-29-31-33-35-37-39-41-43-45-47-49-53(58)54(59)55-51(50-56)52(57)48-46-44-42-40-38-36-34-32-30-24-22-20-18-16-14-12-10-8-6-4-2/h30,32,38,40,46,48,51-53,56-58H,3-29,31,33-37,39,41-45,47,49-50H2,1-2H3,(H,55,59)/b32-30+,40-38+,48-46+. The molecule has 0 spiro atoms. The first kappa shape index (κ1) is 57.6. The van der Waals surface area contributed by atoms with Gasteiger partial charge in [0.2, 0.25) is 5.91 Å². The molecule has 4 N–H and O–H groups in total. The van der Waals surface area contributed by atoms with Crippen molar-refractivity contribution >= 4 is 5.91 Å². The van der Waals surface area contributed by atoms with E-state index in [0.29, 0.717) is 6.42 Å². The van der Waals surface area contributed by atoms with Gasteiger partial charge < -0.3 is 20.6 Å². The largest absolute Gasteiger partial charge is 0.394 e. The Hall–Kier alpha value is -1.43. The van der Waals surface area contributed by atoms with Gasteiger partial charge in [0.1, 0.15) is 6.10 Å². The third-order valence-electron chi connectivity index (χ3n) is 12.2. The molecule has 0 aliphatic heterocycles. The fourth-order valence-corrected chi connectivity index (χ4v) is 8.10. The van der Waals surface area contributed by atoms with Crippen LogP contribution in [0.2, 0.25) is 0 Å². The van der Waals surface area contributed by atoms with Crippen molar-refractivity contribution in [3.63, 3.8) is 0 Å². The van der Waals surface area contributed by atoms with Crippen molar-refractivity contribution in [1.82, 2.24) is 5.32 Å². The number of amides is 1. The van der Waals surface area contributed by atoms with Crippen LogP contribution in [-0.2, 0) is 4.79 Å². The highest BCUT2D eigenvalue weighted by Crippen LogP contribution is 2.17. The van der Waals surface area contributed by atoms with Crippen LogP contribution < -0.4 is 5.32 Å². The summed E-state index contributed by atoms with van der Waals surface area (Å²) in [5, 5.41) is 33.3. The minimum Gasteiger partial charge on any atom is -0.394 e. The van der Waals surface area contributed by atoms with Crippen molar-refractivity contribution in [2.45, 2.75) is 295 Å². The van der Waals surface area contributed by atoms with Gasteiger partial charge in [-0.25, -0.2) is 0 Å². The van der Waals surface area contributed by atoms with Crippen LogP contribution in [-0.4, -0.2) is 46.1 Å². The first-order valence-electron chi connectivity index (χ1n) is 26.3. The first-order chi connectivity index (χ1) is 29.1. The van der Waals surface area contributed by atoms with Crippen LogP contribution in [0.4, 0.5) is 0 Å². The molecule has 1 amide bonds. The second-order valence-corrected chi connectivity index (χ2v) is 18.1. The lowest BCUT2D eigenvalue weighted by Crippen LogP contribution is -2.48. The molecule has 0 saturated carbocycles. The maximum absolute atomic E-state index is 12.5. The first-order valence-corrected chi connectivity index (χ1v) is 26.3. The molecule has 5 heteroatoms. The Labute approximate surface area is 368 Å². The summed E-state index contributed by atoms with van der Waals surface area (Å²) in [5.74, 6) is -0.513. The molecule has 0 bridgehead atoms. The van der Waals surface area contributed by atoms with Crippen LogP contribution in [0.1, 0.15) is 277 Å². The Morgan fingerprint density at radius 3 is 1.03 bits per heavy atom. The summed E-state index contributed by atoms with van der Waals surface area (Å²) in [6.07, 6.45) is 63.5. The summed E-state index contributed by atoms with van der Waals surface area (Å²) >= 11 is 0. The van der Waals surface area contributed by atoms with Crippen molar-refractivity contribution in [3.05, 3.63) is 36.5 Å². The van der Waals surface area contributed by atoms with E-state index in [-0.39, 0.29) is 6.61 Å². The van der Waals surface area contributed by atoms with Crippen molar-refractivity contribution in [1.29, 1.82) is 0 Å². The van der Waals surface area contributed by atoms with Gasteiger partial charge in [0.05, 0.1) is 18.8 Å². The minimum absolute atomic E-state index is 0.379. The highest BCUT2D eigenvalue weighted by atomic mass is 16.3. The summed E-state index contributed by atoms with van der Waals surface area (Å²) in [4.78, 5) is 12.5. The molecule has 0 heterocycles. The Morgan fingerprint density at radius 2 is 0.695 bits per heavy atom. The van der Waals surface area contributed by atoms with Crippen molar-refractivity contribution in [3.8, 4) is 0 Å². The van der Waals surface area contributed by atoms with E-state index in [1.54, 1.807) is 6.08 Å². The van der Waals surface area contributed by atoms with Gasteiger partial charge in [-0.05, 0) is 44.9 Å². The molecule has 3 unspecified atom stereocenters. The molecular formula is C54H103NO4. The molecule has 0 aliphatic carbocycles. The van der Waals surface area contributed by atoms with Crippen LogP contribution in [0.25, 0.3) is 0 Å². The van der Waals surface area contributed by atoms with Crippen LogP contribution >= 0.6 is 0 Å². The van der Waals surface area contributed by atoms with Gasteiger partial charge in [-0.15, -0.1) is 0 Å². The second-order valence-electron chi connectivity index (χ2n) is 18.1. The van der Waals surface area contributed by atoms with E-state index in [0.717, 1.165) is 44.9 Å². The Balaban J connectivity index is 3.63. The maximum Gasteiger partial charge on any atom is 0.249 e. The van der Waals surface area contributed by atoms with Gasteiger partial charge in [0.25, 0.3) is 0 Å². The average molecular weight is 830 g/mol. The highest BCUT2D eigenvalue weighted by molar-refractivity contribution is 5.80. The molecule has 0 rings (SSSR count). The quantitative estimate of drug-likeness (QED) is 0.0363. The number of nitrogens with one attached hydrogen (secondary N) is 1. The van der Waals surface area contributed by atoms with Crippen LogP contribution in [0.5, 0.6) is 0 Å². The van der Waals surface area contributed by atoms with Crippen molar-refractivity contribution in [2.75, 3.05) is 6.61 Å². The maximum atomic E-state index is 12.5. The third-order valence-corrected chi connectivity index (χ3v) is 12.2. The molecule has 0 aromatic carbocycles. The van der Waals surface area contributed by atoms with E-state index < -0.39 is 24.2 Å². The predicted octanol–water partition coefficient (Wildman–Crippen LogP) is 15.9. The van der Waals surface area contributed by atoms with Crippen LogP contribution in [0, 0.1) is 0 Å². The predicted molar refractivity (Wildman–Crippen MR) is 259 cm³/mol. The highest BCUT2D eigenvalue weighted by Gasteiger charge is 2.22. The molecule has 59 heavy (non-hydrogen) atoms. The Bertz CT molecular complexity index is 916. The summed E-state index contributed by atoms with van der Waals surface area (Å²) in [6, 6.07) is -0.819. The summed E-state index contributed by atoms with van der Waals surface area (Å²) in [6.45, 7) is 4.19. The second kappa shape index (κ2) is 49.2. The zero-order chi connectivity index (χ0) is 43.0. The number of hydrogen-bond donors (Lipinski definition) is 4. The lowest BCUT2D eigenvalue weighted by atomic mass is 10.0. The smallest absolute Gasteiger partial charge is 0.249 e. The van der Waals surface area contributed by atoms with E-state index in [1.807, 2.05) is 6.08 Å². The van der Waals surface area contributed by atoms with E-state index in [1.165, 1.54) is 212 Å². The van der Waals surface area contributed by atoms with Gasteiger partial charge in [-0.2, -0.15) is 0 Å². The summed E-state index contributed by atoms with van der Waals surface area (Å²) < 4.78 is 0. The number of carbonyl (C=O) groups excluding carboxylic acids is 1. The molecule has 0 radical (unpaired) electrons. The summed E-state index contributed by atoms with van der Waals surface area (Å²) in [5.41, 5.74) is 0. The molecule has 0 saturated heterocycles. The molecule has 0 aliphatic rings. The van der Waals surface area contributed by atoms with E-state index in [2.05, 4.69) is 43.5 Å². The minimum atomic E-state index is -1.11. The van der Waals surface area contributed by atoms with E-state index >= 15 is 0 Å². The molecule has 0 fully saturated rings. The van der Waals surface area contributed by atoms with Gasteiger partial charge in [0, 0.05) is 0 Å². The zero-order valence-electron chi connectivity index (χ0n) is 39.6. The number of allylic oxidation sites excluding steroid dienone is 5. The zero-order valence-corrected chi connectivity index (χ0v) is 39.6. The van der Waals surface area contributed by atoms with Gasteiger partial charge in [-0.3, -0.25) is 4.79 Å². The topological polar surface area (TPSA) is 89.8 Å². The molecular weight excluding hydrogens is 727 g/mol. The van der Waals surface area contributed by atoms with E-state index in [4.69, 9.17) is 0 Å². The number of carbonyl (C=O) groups is 1. The average Bonchev–Trinajstić information content (AvgIpc) is 3.24. The number of aliphatic hydroxyl groups is 3. The lowest BCUT2D eigenvalue weighted by Gasteiger charge is -2.21. The molecule has 0 aromatic heterocycles. The van der Waals surface area contributed by atoms with Gasteiger partial charge in [-0.1, -0.05) is 269 Å². The fourth-order valence-electron chi connectivity index (χ4n) is 8.10. The summed E-state index contributed by atoms with van der Waals surface area (Å²) in [7, 11) is 0. The number of aliphatic hydroxyl groups excluding tert-OH is 3.